The molecule has 3 aromatic rings. The van der Waals surface area contributed by atoms with Gasteiger partial charge in [-0.2, -0.15) is 4.98 Å². The Morgan fingerprint density at radius 1 is 1.25 bits per heavy atom. The largest absolute Gasteiger partial charge is 0.444 e. The van der Waals surface area contributed by atoms with Gasteiger partial charge in [-0.25, -0.2) is 9.78 Å². The number of anilines is 1. The Morgan fingerprint density at radius 2 is 2.00 bits per heavy atom. The molecule has 1 amide bonds. The number of H-pyrrole nitrogens is 1. The number of hydrogen-bond donors (Lipinski definition) is 4. The Balaban J connectivity index is 1.70. The van der Waals surface area contributed by atoms with E-state index in [2.05, 4.69) is 20.3 Å². The zero-order chi connectivity index (χ0) is 19.9. The Labute approximate surface area is 159 Å². The van der Waals surface area contributed by atoms with Crippen molar-refractivity contribution in [3.63, 3.8) is 0 Å². The lowest BCUT2D eigenvalue weighted by Crippen LogP contribution is -2.20. The van der Waals surface area contributed by atoms with Crippen molar-refractivity contribution in [2.24, 2.45) is 5.92 Å². The lowest BCUT2D eigenvalue weighted by atomic mass is 10.1. The van der Waals surface area contributed by atoms with Crippen LogP contribution in [-0.4, -0.2) is 49.0 Å². The van der Waals surface area contributed by atoms with E-state index >= 15 is 0 Å². The second-order valence-corrected chi connectivity index (χ2v) is 6.23. The summed E-state index contributed by atoms with van der Waals surface area (Å²) in [6.07, 6.45) is 1.18. The highest BCUT2D eigenvalue weighted by molar-refractivity contribution is 5.83. The molecule has 0 spiro atoms. The van der Waals surface area contributed by atoms with Crippen LogP contribution in [0.25, 0.3) is 11.2 Å². The molecule has 0 bridgehead atoms. The van der Waals surface area contributed by atoms with E-state index in [1.807, 2.05) is 30.3 Å². The van der Waals surface area contributed by atoms with Gasteiger partial charge in [-0.05, 0) is 12.0 Å². The number of fused-ring (bicyclic) bond motifs is 1. The zero-order valence-corrected chi connectivity index (χ0v) is 15.0. The summed E-state index contributed by atoms with van der Waals surface area (Å²) in [5, 5.41) is 20.7. The number of carbonyl (C=O) groups excluding carboxylic acids is 1. The average Bonchev–Trinajstić information content (AvgIpc) is 3.11. The fraction of sp³-hybridized carbons (Fsp3) is 0.333. The average molecular weight is 387 g/mol. The number of carbonyl (C=O) groups is 1. The van der Waals surface area contributed by atoms with Gasteiger partial charge in [-0.3, -0.25) is 15.1 Å². The SMILES string of the molecule is O=C(Nc1nc2c(ncn2CCC(CO)CO)c(=O)[nH]1)OCc1ccccc1. The number of imidazole rings is 1. The molecule has 0 radical (unpaired) electrons. The van der Waals surface area contributed by atoms with Crippen LogP contribution in [0.15, 0.2) is 41.5 Å². The topological polar surface area (TPSA) is 142 Å². The van der Waals surface area contributed by atoms with Crippen LogP contribution >= 0.6 is 0 Å². The quantitative estimate of drug-likeness (QED) is 0.449. The zero-order valence-electron chi connectivity index (χ0n) is 15.0. The highest BCUT2D eigenvalue weighted by Gasteiger charge is 2.14. The van der Waals surface area contributed by atoms with E-state index in [0.717, 1.165) is 5.56 Å². The molecule has 28 heavy (non-hydrogen) atoms. The van der Waals surface area contributed by atoms with Crippen LogP contribution in [0.1, 0.15) is 12.0 Å². The van der Waals surface area contributed by atoms with Crippen LogP contribution in [0, 0.1) is 5.92 Å². The number of aryl methyl sites for hydroxylation is 1. The van der Waals surface area contributed by atoms with E-state index in [1.165, 1.54) is 6.33 Å². The number of nitrogens with one attached hydrogen (secondary N) is 2. The van der Waals surface area contributed by atoms with E-state index in [4.69, 9.17) is 4.74 Å². The lowest BCUT2D eigenvalue weighted by molar-refractivity contribution is 0.140. The van der Waals surface area contributed by atoms with Gasteiger partial charge in [0, 0.05) is 25.7 Å². The first-order chi connectivity index (χ1) is 13.6. The van der Waals surface area contributed by atoms with E-state index in [-0.39, 0.29) is 42.9 Å². The molecule has 3 rings (SSSR count). The number of aliphatic hydroxyl groups excluding tert-OH is 2. The maximum Gasteiger partial charge on any atom is 0.414 e. The summed E-state index contributed by atoms with van der Waals surface area (Å²) in [5.74, 6) is -0.330. The molecule has 0 fully saturated rings. The molecule has 1 aromatic carbocycles. The molecule has 0 saturated carbocycles. The number of amides is 1. The molecule has 2 aromatic heterocycles. The highest BCUT2D eigenvalue weighted by atomic mass is 16.5. The highest BCUT2D eigenvalue weighted by Crippen LogP contribution is 2.11. The number of benzene rings is 1. The van der Waals surface area contributed by atoms with Gasteiger partial charge in [0.2, 0.25) is 5.95 Å². The van der Waals surface area contributed by atoms with Crippen LogP contribution in [-0.2, 0) is 17.9 Å². The van der Waals surface area contributed by atoms with Crippen molar-refractivity contribution in [1.29, 1.82) is 0 Å². The third kappa shape index (κ3) is 4.72. The van der Waals surface area contributed by atoms with E-state index in [1.54, 1.807) is 4.57 Å². The number of rotatable bonds is 8. The van der Waals surface area contributed by atoms with Gasteiger partial charge in [-0.1, -0.05) is 30.3 Å². The second-order valence-electron chi connectivity index (χ2n) is 6.23. The van der Waals surface area contributed by atoms with Gasteiger partial charge < -0.3 is 19.5 Å². The minimum absolute atomic E-state index is 0.0572. The molecule has 2 heterocycles. The number of hydrogen-bond acceptors (Lipinski definition) is 7. The Bertz CT molecular complexity index is 981. The van der Waals surface area contributed by atoms with Gasteiger partial charge in [0.05, 0.1) is 6.33 Å². The molecular weight excluding hydrogens is 366 g/mol. The van der Waals surface area contributed by atoms with Crippen LogP contribution < -0.4 is 10.9 Å². The van der Waals surface area contributed by atoms with Crippen molar-refractivity contribution in [1.82, 2.24) is 19.5 Å². The van der Waals surface area contributed by atoms with E-state index in [9.17, 15) is 19.8 Å². The third-order valence-electron chi connectivity index (χ3n) is 4.20. The van der Waals surface area contributed by atoms with Crippen molar-refractivity contribution in [3.8, 4) is 0 Å². The van der Waals surface area contributed by atoms with Crippen LogP contribution in [0.2, 0.25) is 0 Å². The minimum Gasteiger partial charge on any atom is -0.444 e. The fourth-order valence-corrected chi connectivity index (χ4v) is 2.59. The van der Waals surface area contributed by atoms with Crippen LogP contribution in [0.3, 0.4) is 0 Å². The summed E-state index contributed by atoms with van der Waals surface area (Å²) in [7, 11) is 0. The first-order valence-electron chi connectivity index (χ1n) is 8.75. The normalized spacial score (nSPS) is 11.1. The molecule has 10 nitrogen and oxygen atoms in total. The van der Waals surface area contributed by atoms with Gasteiger partial charge in [0.1, 0.15) is 6.61 Å². The molecule has 10 heteroatoms. The standard InChI is InChI=1S/C18H21N5O5/c24-8-13(9-25)6-7-23-11-19-14-15(23)20-17(21-16(14)26)22-18(27)28-10-12-4-2-1-3-5-12/h1-5,11,13,24-25H,6-10H2,(H2,20,21,22,26,27). The predicted octanol–water partition coefficient (Wildman–Crippen LogP) is 0.859. The van der Waals surface area contributed by atoms with Gasteiger partial charge in [0.25, 0.3) is 5.56 Å². The smallest absolute Gasteiger partial charge is 0.414 e. The summed E-state index contributed by atoms with van der Waals surface area (Å²) < 4.78 is 6.74. The molecule has 0 saturated heterocycles. The molecule has 0 unspecified atom stereocenters. The summed E-state index contributed by atoms with van der Waals surface area (Å²) in [5.41, 5.74) is 0.752. The fourth-order valence-electron chi connectivity index (χ4n) is 2.59. The number of aliphatic hydroxyl groups is 2. The third-order valence-corrected chi connectivity index (χ3v) is 4.20. The van der Waals surface area contributed by atoms with Gasteiger partial charge in [0.15, 0.2) is 11.2 Å². The molecular formula is C18H21N5O5. The number of aromatic nitrogens is 4. The summed E-state index contributed by atoms with van der Waals surface area (Å²) in [6.45, 7) is 0.200. The summed E-state index contributed by atoms with van der Waals surface area (Å²) in [6, 6.07) is 9.18. The molecule has 0 aliphatic heterocycles. The Hall–Kier alpha value is -3.24. The molecule has 148 valence electrons. The van der Waals surface area contributed by atoms with Crippen molar-refractivity contribution in [3.05, 3.63) is 52.6 Å². The monoisotopic (exact) mass is 387 g/mol. The molecule has 0 atom stereocenters. The van der Waals surface area contributed by atoms with Gasteiger partial charge >= 0.3 is 6.09 Å². The minimum atomic E-state index is -0.752. The van der Waals surface area contributed by atoms with Crippen molar-refractivity contribution >= 4 is 23.2 Å². The number of aromatic amines is 1. The molecule has 4 N–H and O–H groups in total. The van der Waals surface area contributed by atoms with E-state index in [0.29, 0.717) is 13.0 Å². The van der Waals surface area contributed by atoms with Crippen molar-refractivity contribution in [2.45, 2.75) is 19.6 Å². The maximum atomic E-state index is 12.2. The van der Waals surface area contributed by atoms with Crippen LogP contribution in [0.5, 0.6) is 0 Å². The molecule has 0 aliphatic carbocycles. The molecule has 0 aliphatic rings. The second kappa shape index (κ2) is 9.11. The number of nitrogens with zero attached hydrogens (tertiary/aromatic N) is 3. The van der Waals surface area contributed by atoms with E-state index < -0.39 is 11.7 Å². The predicted molar refractivity (Wildman–Crippen MR) is 101 cm³/mol. The summed E-state index contributed by atoms with van der Waals surface area (Å²) in [4.78, 5) is 34.9. The Morgan fingerprint density at radius 3 is 2.71 bits per heavy atom. The number of ether oxygens (including phenoxy) is 1. The first kappa shape index (κ1) is 19.5. The van der Waals surface area contributed by atoms with Crippen molar-refractivity contribution < 1.29 is 19.7 Å². The summed E-state index contributed by atoms with van der Waals surface area (Å²) >= 11 is 0. The first-order valence-corrected chi connectivity index (χ1v) is 8.75. The maximum absolute atomic E-state index is 12.2. The van der Waals surface area contributed by atoms with Crippen molar-refractivity contribution in [2.75, 3.05) is 18.5 Å². The lowest BCUT2D eigenvalue weighted by Gasteiger charge is -2.11. The van der Waals surface area contributed by atoms with Gasteiger partial charge in [-0.15, -0.1) is 0 Å². The Kier molecular flexibility index (Phi) is 6.35. The van der Waals surface area contributed by atoms with Crippen LogP contribution in [0.4, 0.5) is 10.7 Å².